The number of nitrogens with one attached hydrogen (secondary N) is 2. The number of anilines is 1. The molecule has 0 aliphatic rings. The van der Waals surface area contributed by atoms with Gasteiger partial charge < -0.3 is 30.5 Å². The largest absolute Gasteiger partial charge is 0.490 e. The molecular formula is C29H25F9N8O7S. The summed E-state index contributed by atoms with van der Waals surface area (Å²) in [4.78, 5) is 58.0. The number of alkyl halides is 9. The Kier molecular flexibility index (Phi) is 15.9. The standard InChI is InChI=1S/C23H22N8OS.3C2HF3O2/c32-22(26-9-5-11-30-13-10-24-16-30)20-18-7-2-4-12-31(18)21(29-20)19-15-28-23(33-19)27-14-17-6-1-3-8-25-17;3*3-2(4,5)1(6)7/h1-4,6-8,10,12-13,15-16H,5,9,11,14H2,(H,26,32)(H,27,28);3*(H,6,7). The summed E-state index contributed by atoms with van der Waals surface area (Å²) in [5.41, 5.74) is 2.10. The predicted molar refractivity (Wildman–Crippen MR) is 168 cm³/mol. The molecule has 0 aliphatic carbocycles. The Labute approximate surface area is 299 Å². The molecule has 5 N–H and O–H groups in total. The van der Waals surface area contributed by atoms with Crippen LogP contribution in [0.2, 0.25) is 0 Å². The summed E-state index contributed by atoms with van der Waals surface area (Å²) >= 11 is 1.49. The highest BCUT2D eigenvalue weighted by atomic mass is 32.1. The van der Waals surface area contributed by atoms with E-state index in [1.54, 1.807) is 24.9 Å². The molecule has 54 heavy (non-hydrogen) atoms. The smallest absolute Gasteiger partial charge is 0.475 e. The van der Waals surface area contributed by atoms with Crippen molar-refractivity contribution in [1.29, 1.82) is 0 Å². The molecule has 0 unspecified atom stereocenters. The summed E-state index contributed by atoms with van der Waals surface area (Å²) in [7, 11) is 0. The third kappa shape index (κ3) is 14.8. The lowest BCUT2D eigenvalue weighted by molar-refractivity contribution is -0.193. The highest BCUT2D eigenvalue weighted by Crippen LogP contribution is 2.30. The Morgan fingerprint density at radius 2 is 1.37 bits per heavy atom. The second-order valence-corrected chi connectivity index (χ2v) is 10.8. The van der Waals surface area contributed by atoms with Gasteiger partial charge in [0.1, 0.15) is 0 Å². The number of carbonyl (C=O) groups excluding carboxylic acids is 1. The predicted octanol–water partition coefficient (Wildman–Crippen LogP) is 5.38. The summed E-state index contributed by atoms with van der Waals surface area (Å²) in [6.07, 6.45) is -3.56. The summed E-state index contributed by atoms with van der Waals surface area (Å²) in [5.74, 6) is -7.77. The first kappa shape index (κ1) is 43.9. The van der Waals surface area contributed by atoms with Crippen molar-refractivity contribution in [1.82, 2.24) is 34.2 Å². The molecule has 15 nitrogen and oxygen atoms in total. The Balaban J connectivity index is 0.000000393. The number of hydrogen-bond donors (Lipinski definition) is 5. The van der Waals surface area contributed by atoms with Crippen LogP contribution in [0, 0.1) is 0 Å². The number of amides is 1. The number of hydrogen-bond acceptors (Lipinski definition) is 10. The van der Waals surface area contributed by atoms with E-state index in [0.29, 0.717) is 24.6 Å². The van der Waals surface area contributed by atoms with E-state index in [-0.39, 0.29) is 5.91 Å². The van der Waals surface area contributed by atoms with Gasteiger partial charge >= 0.3 is 36.4 Å². The highest BCUT2D eigenvalue weighted by molar-refractivity contribution is 7.18. The van der Waals surface area contributed by atoms with Crippen LogP contribution in [0.4, 0.5) is 44.6 Å². The number of thiazole rings is 1. The quantitative estimate of drug-likeness (QED) is 0.0939. The normalized spacial score (nSPS) is 11.1. The Bertz CT molecular complexity index is 1910. The SMILES string of the molecule is O=C(NCCCn1ccnc1)c1nc(-c2cnc(NCc3ccccn3)s2)n2ccccc12.O=C(O)C(F)(F)F.O=C(O)C(F)(F)F.O=C(O)C(F)(F)F. The van der Waals surface area contributed by atoms with Crippen LogP contribution < -0.4 is 10.6 Å². The molecule has 5 rings (SSSR count). The number of imidazole rings is 2. The van der Waals surface area contributed by atoms with Gasteiger partial charge in [-0.1, -0.05) is 23.5 Å². The van der Waals surface area contributed by atoms with Crippen molar-refractivity contribution in [2.24, 2.45) is 0 Å². The minimum absolute atomic E-state index is 0.186. The maximum Gasteiger partial charge on any atom is 0.490 e. The summed E-state index contributed by atoms with van der Waals surface area (Å²) in [6.45, 7) is 1.94. The fourth-order valence-electron chi connectivity index (χ4n) is 3.47. The molecular weight excluding hydrogens is 775 g/mol. The van der Waals surface area contributed by atoms with Crippen molar-refractivity contribution in [3.8, 4) is 10.7 Å². The summed E-state index contributed by atoms with van der Waals surface area (Å²) in [5, 5.41) is 28.4. The Hall–Kier alpha value is -6.27. The first-order valence-electron chi connectivity index (χ1n) is 14.3. The molecule has 0 atom stereocenters. The van der Waals surface area contributed by atoms with E-state index in [4.69, 9.17) is 29.7 Å². The van der Waals surface area contributed by atoms with Crippen LogP contribution in [0.25, 0.3) is 16.2 Å². The minimum Gasteiger partial charge on any atom is -0.475 e. The van der Waals surface area contributed by atoms with Crippen molar-refractivity contribution >= 4 is 45.8 Å². The first-order valence-corrected chi connectivity index (χ1v) is 15.1. The number of rotatable bonds is 9. The van der Waals surface area contributed by atoms with Gasteiger partial charge in [-0.05, 0) is 30.7 Å². The fraction of sp³-hybridized carbons (Fsp3) is 0.241. The lowest BCUT2D eigenvalue weighted by atomic mass is 10.3. The molecule has 25 heteroatoms. The van der Waals surface area contributed by atoms with Crippen LogP contribution in [0.15, 0.2) is 73.7 Å². The van der Waals surface area contributed by atoms with Gasteiger partial charge in [0, 0.05) is 37.9 Å². The van der Waals surface area contributed by atoms with Gasteiger partial charge in [0.15, 0.2) is 16.6 Å². The summed E-state index contributed by atoms with van der Waals surface area (Å²) in [6, 6.07) is 11.5. The molecule has 292 valence electrons. The number of aromatic nitrogens is 6. The van der Waals surface area contributed by atoms with E-state index in [1.807, 2.05) is 57.8 Å². The second kappa shape index (κ2) is 19.5. The molecule has 5 aromatic rings. The molecule has 5 heterocycles. The van der Waals surface area contributed by atoms with Crippen LogP contribution in [-0.4, -0.2) is 93.1 Å². The zero-order valence-electron chi connectivity index (χ0n) is 26.7. The van der Waals surface area contributed by atoms with Gasteiger partial charge in [0.25, 0.3) is 5.91 Å². The third-order valence-electron chi connectivity index (χ3n) is 5.80. The van der Waals surface area contributed by atoms with Gasteiger partial charge in [-0.3, -0.25) is 14.2 Å². The van der Waals surface area contributed by atoms with Crippen molar-refractivity contribution in [3.63, 3.8) is 0 Å². The van der Waals surface area contributed by atoms with Crippen LogP contribution in [0.3, 0.4) is 0 Å². The molecule has 0 bridgehead atoms. The van der Waals surface area contributed by atoms with E-state index < -0.39 is 36.4 Å². The monoisotopic (exact) mass is 800 g/mol. The number of pyridine rings is 2. The maximum atomic E-state index is 12.9. The minimum atomic E-state index is -5.08. The van der Waals surface area contributed by atoms with Crippen molar-refractivity contribution in [2.45, 2.75) is 38.0 Å². The Morgan fingerprint density at radius 1 is 0.778 bits per heavy atom. The van der Waals surface area contributed by atoms with Gasteiger partial charge in [-0.2, -0.15) is 39.5 Å². The lowest BCUT2D eigenvalue weighted by Gasteiger charge is -2.04. The lowest BCUT2D eigenvalue weighted by Crippen LogP contribution is -2.25. The molecule has 0 spiro atoms. The first-order chi connectivity index (χ1) is 25.1. The fourth-order valence-corrected chi connectivity index (χ4v) is 4.27. The Morgan fingerprint density at radius 3 is 1.89 bits per heavy atom. The maximum absolute atomic E-state index is 12.9. The topological polar surface area (TPSA) is 214 Å². The summed E-state index contributed by atoms with van der Waals surface area (Å²) < 4.78 is 99.1. The number of carboxylic acids is 3. The van der Waals surface area contributed by atoms with Crippen molar-refractivity contribution in [3.05, 3.63) is 85.1 Å². The number of aryl methyl sites for hydroxylation is 1. The zero-order chi connectivity index (χ0) is 40.7. The van der Waals surface area contributed by atoms with Crippen LogP contribution in [-0.2, 0) is 27.5 Å². The van der Waals surface area contributed by atoms with Crippen LogP contribution >= 0.6 is 11.3 Å². The average molecular weight is 801 g/mol. The van der Waals surface area contributed by atoms with Gasteiger partial charge in [-0.15, -0.1) is 0 Å². The van der Waals surface area contributed by atoms with Crippen molar-refractivity contribution in [2.75, 3.05) is 11.9 Å². The molecule has 0 fully saturated rings. The molecule has 0 saturated heterocycles. The number of carbonyl (C=O) groups is 4. The number of carboxylic acid groups (broad SMARTS) is 3. The molecule has 0 radical (unpaired) electrons. The van der Waals surface area contributed by atoms with Gasteiger partial charge in [-0.25, -0.2) is 29.3 Å². The van der Waals surface area contributed by atoms with E-state index in [9.17, 15) is 44.3 Å². The molecule has 0 aromatic carbocycles. The zero-order valence-corrected chi connectivity index (χ0v) is 27.5. The third-order valence-corrected chi connectivity index (χ3v) is 6.75. The molecule has 5 aromatic heterocycles. The molecule has 0 saturated carbocycles. The van der Waals surface area contributed by atoms with Gasteiger partial charge in [0.2, 0.25) is 0 Å². The van der Waals surface area contributed by atoms with Crippen LogP contribution in [0.1, 0.15) is 22.6 Å². The van der Waals surface area contributed by atoms with Gasteiger partial charge in [0.05, 0.1) is 35.2 Å². The molecule has 1 amide bonds. The van der Waals surface area contributed by atoms with E-state index in [0.717, 1.165) is 34.2 Å². The second-order valence-electron chi connectivity index (χ2n) is 9.76. The van der Waals surface area contributed by atoms with E-state index in [2.05, 4.69) is 30.6 Å². The van der Waals surface area contributed by atoms with Crippen LogP contribution in [0.5, 0.6) is 0 Å². The number of fused-ring (bicyclic) bond motifs is 1. The number of aliphatic carboxylic acids is 3. The van der Waals surface area contributed by atoms with E-state index >= 15 is 0 Å². The highest BCUT2D eigenvalue weighted by Gasteiger charge is 2.39. The number of halogens is 9. The number of nitrogens with zero attached hydrogens (tertiary/aromatic N) is 6. The van der Waals surface area contributed by atoms with E-state index in [1.165, 1.54) is 11.3 Å². The average Bonchev–Trinajstić information content (AvgIpc) is 3.86. The van der Waals surface area contributed by atoms with Crippen molar-refractivity contribution < 1.29 is 74.0 Å². The molecule has 0 aliphatic heterocycles.